The minimum atomic E-state index is -0.593. The van der Waals surface area contributed by atoms with Crippen LogP contribution in [0.1, 0.15) is 36.2 Å². The van der Waals surface area contributed by atoms with Gasteiger partial charge >= 0.3 is 0 Å². The summed E-state index contributed by atoms with van der Waals surface area (Å²) in [6.07, 6.45) is 0.560. The molecular weight excluding hydrogens is 374 g/mol. The summed E-state index contributed by atoms with van der Waals surface area (Å²) < 4.78 is 0. The Morgan fingerprint density at radius 2 is 1.61 bits per heavy atom. The summed E-state index contributed by atoms with van der Waals surface area (Å²) >= 11 is 5.87. The Kier molecular flexibility index (Phi) is 7.88. The molecule has 0 aliphatic carbocycles. The van der Waals surface area contributed by atoms with Gasteiger partial charge in [-0.15, -0.1) is 0 Å². The number of carbonyl (C=O) groups is 2. The first-order valence-corrected chi connectivity index (χ1v) is 9.74. The number of anilines is 1. The Morgan fingerprint density at radius 1 is 1.00 bits per heavy atom. The van der Waals surface area contributed by atoms with E-state index in [1.165, 1.54) is 0 Å². The maximum Gasteiger partial charge on any atom is 0.251 e. The van der Waals surface area contributed by atoms with E-state index in [-0.39, 0.29) is 17.7 Å². The van der Waals surface area contributed by atoms with Gasteiger partial charge in [-0.2, -0.15) is 0 Å². The summed E-state index contributed by atoms with van der Waals surface area (Å²) in [5.74, 6) is -0.207. The zero-order valence-electron chi connectivity index (χ0n) is 16.8. The average Bonchev–Trinajstić information content (AvgIpc) is 2.66. The van der Waals surface area contributed by atoms with E-state index < -0.39 is 6.04 Å². The normalized spacial score (nSPS) is 11.8. The van der Waals surface area contributed by atoms with Gasteiger partial charge in [0.2, 0.25) is 5.91 Å². The van der Waals surface area contributed by atoms with Gasteiger partial charge in [-0.1, -0.05) is 37.6 Å². The third kappa shape index (κ3) is 6.57. The smallest absolute Gasteiger partial charge is 0.251 e. The highest BCUT2D eigenvalue weighted by molar-refractivity contribution is 6.30. The second kappa shape index (κ2) is 10.1. The van der Waals surface area contributed by atoms with Crippen LogP contribution in [-0.4, -0.2) is 32.0 Å². The lowest BCUT2D eigenvalue weighted by Crippen LogP contribution is -2.47. The molecule has 5 nitrogen and oxygen atoms in total. The maximum atomic E-state index is 12.7. The highest BCUT2D eigenvalue weighted by atomic mass is 35.5. The molecule has 0 spiro atoms. The zero-order valence-corrected chi connectivity index (χ0v) is 17.6. The second-order valence-corrected chi connectivity index (χ2v) is 7.88. The summed E-state index contributed by atoms with van der Waals surface area (Å²) in [4.78, 5) is 27.2. The molecular formula is C22H28ClN3O2. The number of hydrogen-bond donors (Lipinski definition) is 2. The Morgan fingerprint density at radius 3 is 2.14 bits per heavy atom. The van der Waals surface area contributed by atoms with Gasteiger partial charge in [0.25, 0.3) is 5.91 Å². The molecule has 0 saturated heterocycles. The number of amides is 2. The van der Waals surface area contributed by atoms with Crippen LogP contribution in [-0.2, 0) is 11.3 Å². The third-order valence-corrected chi connectivity index (χ3v) is 4.61. The SMILES string of the molecule is CC(C)C[C@H](NC(=O)c1ccc(Cl)cc1)C(=O)NCc1ccc(N(C)C)cc1. The molecule has 1 atom stereocenters. The summed E-state index contributed by atoms with van der Waals surface area (Å²) in [6.45, 7) is 4.46. The van der Waals surface area contributed by atoms with E-state index in [1.807, 2.05) is 57.1 Å². The first-order chi connectivity index (χ1) is 13.3. The van der Waals surface area contributed by atoms with Crippen molar-refractivity contribution in [3.63, 3.8) is 0 Å². The van der Waals surface area contributed by atoms with E-state index in [0.717, 1.165) is 11.3 Å². The van der Waals surface area contributed by atoms with Crippen molar-refractivity contribution in [1.29, 1.82) is 0 Å². The van der Waals surface area contributed by atoms with Gasteiger partial charge in [-0.3, -0.25) is 9.59 Å². The van der Waals surface area contributed by atoms with Gasteiger partial charge in [0.1, 0.15) is 6.04 Å². The van der Waals surface area contributed by atoms with Gasteiger partial charge in [0, 0.05) is 36.9 Å². The average molecular weight is 402 g/mol. The Bertz CT molecular complexity index is 786. The highest BCUT2D eigenvalue weighted by Crippen LogP contribution is 2.13. The standard InChI is InChI=1S/C22H28ClN3O2/c1-15(2)13-20(25-21(27)17-7-9-18(23)10-8-17)22(28)24-14-16-5-11-19(12-6-16)26(3)4/h5-12,15,20H,13-14H2,1-4H3,(H,24,28)(H,25,27)/t20-/m0/s1. The van der Waals surface area contributed by atoms with Crippen LogP contribution in [0.25, 0.3) is 0 Å². The fraction of sp³-hybridized carbons (Fsp3) is 0.364. The van der Waals surface area contributed by atoms with Crippen molar-refractivity contribution < 1.29 is 9.59 Å². The minimum absolute atomic E-state index is 0.187. The van der Waals surface area contributed by atoms with Gasteiger partial charge in [0.05, 0.1) is 0 Å². The number of nitrogens with one attached hydrogen (secondary N) is 2. The van der Waals surface area contributed by atoms with Crippen LogP contribution in [0.15, 0.2) is 48.5 Å². The quantitative estimate of drug-likeness (QED) is 0.705. The predicted molar refractivity (Wildman–Crippen MR) is 115 cm³/mol. The van der Waals surface area contributed by atoms with Crippen LogP contribution < -0.4 is 15.5 Å². The predicted octanol–water partition coefficient (Wildman–Crippen LogP) is 3.87. The summed E-state index contributed by atoms with van der Waals surface area (Å²) in [7, 11) is 3.97. The van der Waals surface area contributed by atoms with Gasteiger partial charge < -0.3 is 15.5 Å². The molecule has 2 aromatic carbocycles. The Hall–Kier alpha value is -2.53. The fourth-order valence-corrected chi connectivity index (χ4v) is 2.90. The van der Waals surface area contributed by atoms with Gasteiger partial charge in [-0.05, 0) is 54.3 Å². The van der Waals surface area contributed by atoms with E-state index in [9.17, 15) is 9.59 Å². The molecule has 6 heteroatoms. The van der Waals surface area contributed by atoms with E-state index in [4.69, 9.17) is 11.6 Å². The zero-order chi connectivity index (χ0) is 20.7. The first-order valence-electron chi connectivity index (χ1n) is 9.36. The summed E-state index contributed by atoms with van der Waals surface area (Å²) in [5.41, 5.74) is 2.58. The lowest BCUT2D eigenvalue weighted by molar-refractivity contribution is -0.123. The van der Waals surface area contributed by atoms with Crippen LogP contribution in [0.2, 0.25) is 5.02 Å². The van der Waals surface area contributed by atoms with Crippen molar-refractivity contribution in [2.45, 2.75) is 32.9 Å². The lowest BCUT2D eigenvalue weighted by atomic mass is 10.0. The van der Waals surface area contributed by atoms with E-state index in [1.54, 1.807) is 24.3 Å². The molecule has 0 radical (unpaired) electrons. The molecule has 0 fully saturated rings. The molecule has 150 valence electrons. The molecule has 2 aromatic rings. The number of benzene rings is 2. The molecule has 2 N–H and O–H groups in total. The second-order valence-electron chi connectivity index (χ2n) is 7.44. The lowest BCUT2D eigenvalue weighted by Gasteiger charge is -2.20. The third-order valence-electron chi connectivity index (χ3n) is 4.35. The van der Waals surface area contributed by atoms with Crippen molar-refractivity contribution in [3.8, 4) is 0 Å². The molecule has 0 aliphatic rings. The van der Waals surface area contributed by atoms with E-state index in [2.05, 4.69) is 10.6 Å². The number of hydrogen-bond acceptors (Lipinski definition) is 3. The molecule has 0 heterocycles. The van der Waals surface area contributed by atoms with Crippen molar-refractivity contribution in [2.75, 3.05) is 19.0 Å². The monoisotopic (exact) mass is 401 g/mol. The minimum Gasteiger partial charge on any atom is -0.378 e. The van der Waals surface area contributed by atoms with Crippen molar-refractivity contribution in [1.82, 2.24) is 10.6 Å². The molecule has 0 unspecified atom stereocenters. The number of nitrogens with zero attached hydrogens (tertiary/aromatic N) is 1. The molecule has 2 rings (SSSR count). The maximum absolute atomic E-state index is 12.7. The molecule has 0 bridgehead atoms. The molecule has 0 saturated carbocycles. The summed E-state index contributed by atoms with van der Waals surface area (Å²) in [6, 6.07) is 14.0. The Balaban J connectivity index is 1.99. The largest absolute Gasteiger partial charge is 0.378 e. The molecule has 0 aliphatic heterocycles. The van der Waals surface area contributed by atoms with Crippen molar-refractivity contribution in [3.05, 3.63) is 64.7 Å². The van der Waals surface area contributed by atoms with E-state index in [0.29, 0.717) is 23.6 Å². The van der Waals surface area contributed by atoms with Gasteiger partial charge in [0.15, 0.2) is 0 Å². The molecule has 0 aromatic heterocycles. The molecule has 2 amide bonds. The van der Waals surface area contributed by atoms with Gasteiger partial charge in [-0.25, -0.2) is 0 Å². The summed E-state index contributed by atoms with van der Waals surface area (Å²) in [5, 5.41) is 6.34. The van der Waals surface area contributed by atoms with Crippen LogP contribution >= 0.6 is 11.6 Å². The number of rotatable bonds is 8. The molecule has 28 heavy (non-hydrogen) atoms. The first kappa shape index (κ1) is 21.8. The number of carbonyl (C=O) groups excluding carboxylic acids is 2. The fourth-order valence-electron chi connectivity index (χ4n) is 2.77. The topological polar surface area (TPSA) is 61.4 Å². The van der Waals surface area contributed by atoms with Crippen LogP contribution in [0.5, 0.6) is 0 Å². The van der Waals surface area contributed by atoms with Crippen molar-refractivity contribution in [2.24, 2.45) is 5.92 Å². The Labute approximate surface area is 172 Å². The van der Waals surface area contributed by atoms with Crippen molar-refractivity contribution >= 4 is 29.1 Å². The number of halogens is 1. The highest BCUT2D eigenvalue weighted by Gasteiger charge is 2.22. The van der Waals surface area contributed by atoms with Crippen LogP contribution in [0.4, 0.5) is 5.69 Å². The van der Waals surface area contributed by atoms with Crippen LogP contribution in [0.3, 0.4) is 0 Å². The van der Waals surface area contributed by atoms with Crippen LogP contribution in [0, 0.1) is 5.92 Å². The van der Waals surface area contributed by atoms with E-state index >= 15 is 0 Å².